The third kappa shape index (κ3) is 2.16. The molecule has 0 N–H and O–H groups in total. The first-order chi connectivity index (χ1) is 7.31. The predicted molar refractivity (Wildman–Crippen MR) is 57.1 cm³/mol. The van der Waals surface area contributed by atoms with Crippen molar-refractivity contribution in [3.63, 3.8) is 0 Å². The molecule has 0 radical (unpaired) electrons. The van der Waals surface area contributed by atoms with Gasteiger partial charge in [0, 0.05) is 19.4 Å². The van der Waals surface area contributed by atoms with Crippen molar-refractivity contribution in [2.24, 2.45) is 0 Å². The average Bonchev–Trinajstić information content (AvgIpc) is 2.61. The lowest BCUT2D eigenvalue weighted by Crippen LogP contribution is -1.98. The van der Waals surface area contributed by atoms with E-state index in [9.17, 15) is 0 Å². The Morgan fingerprint density at radius 1 is 1.53 bits per heavy atom. The summed E-state index contributed by atoms with van der Waals surface area (Å²) in [6, 6.07) is 5.50. The third-order valence-corrected chi connectivity index (χ3v) is 2.17. The summed E-state index contributed by atoms with van der Waals surface area (Å²) < 4.78 is 6.61. The molecule has 0 amide bonds. The number of halogens is 1. The number of hydrogen-bond donors (Lipinski definition) is 0. The minimum atomic E-state index is 0.451. The Morgan fingerprint density at radius 2 is 2.40 bits per heavy atom. The Hall–Kier alpha value is -1.39. The molecule has 0 unspecified atom stereocenters. The molecule has 4 nitrogen and oxygen atoms in total. The highest BCUT2D eigenvalue weighted by Crippen LogP contribution is 2.16. The first-order valence-corrected chi connectivity index (χ1v) is 4.83. The predicted octanol–water partition coefficient (Wildman–Crippen LogP) is 2.07. The molecule has 0 spiro atoms. The van der Waals surface area contributed by atoms with Crippen molar-refractivity contribution in [1.29, 1.82) is 0 Å². The molecule has 2 aromatic heterocycles. The summed E-state index contributed by atoms with van der Waals surface area (Å²) in [7, 11) is 1.62. The number of nitrogens with zero attached hydrogens (tertiary/aromatic N) is 3. The van der Waals surface area contributed by atoms with E-state index in [-0.39, 0.29) is 0 Å². The van der Waals surface area contributed by atoms with Gasteiger partial charge in [0.05, 0.1) is 24.2 Å². The molecule has 0 saturated carbocycles. The normalized spacial score (nSPS) is 10.5. The van der Waals surface area contributed by atoms with Crippen LogP contribution in [0.3, 0.4) is 0 Å². The van der Waals surface area contributed by atoms with Gasteiger partial charge >= 0.3 is 0 Å². The van der Waals surface area contributed by atoms with E-state index in [2.05, 4.69) is 10.1 Å². The van der Waals surface area contributed by atoms with E-state index in [1.165, 1.54) is 0 Å². The van der Waals surface area contributed by atoms with Crippen LogP contribution in [0.5, 0.6) is 0 Å². The fraction of sp³-hybridized carbons (Fsp3) is 0.200. The lowest BCUT2D eigenvalue weighted by molar-refractivity contribution is 0.181. The molecule has 5 heteroatoms. The number of hydrogen-bond acceptors (Lipinski definition) is 3. The Morgan fingerprint density at radius 3 is 3.07 bits per heavy atom. The lowest BCUT2D eigenvalue weighted by atomic mass is 10.4. The number of aromatic nitrogens is 3. The van der Waals surface area contributed by atoms with E-state index < -0.39 is 0 Å². The van der Waals surface area contributed by atoms with E-state index in [1.54, 1.807) is 30.3 Å². The molecule has 78 valence electrons. The van der Waals surface area contributed by atoms with Crippen LogP contribution >= 0.6 is 11.6 Å². The molecular weight excluding hydrogens is 214 g/mol. The highest BCUT2D eigenvalue weighted by atomic mass is 35.5. The van der Waals surface area contributed by atoms with Crippen LogP contribution in [0.15, 0.2) is 30.6 Å². The number of pyridine rings is 1. The van der Waals surface area contributed by atoms with Crippen LogP contribution in [0, 0.1) is 0 Å². The summed E-state index contributed by atoms with van der Waals surface area (Å²) in [5.41, 5.74) is 1.64. The number of methoxy groups -OCH3 is 1. The largest absolute Gasteiger partial charge is 0.378 e. The molecule has 0 bridgehead atoms. The van der Waals surface area contributed by atoms with Crippen LogP contribution < -0.4 is 0 Å². The first-order valence-electron chi connectivity index (χ1n) is 4.45. The monoisotopic (exact) mass is 223 g/mol. The van der Waals surface area contributed by atoms with Crippen LogP contribution in [0.1, 0.15) is 5.69 Å². The maximum absolute atomic E-state index is 6.03. The molecule has 2 aromatic rings. The van der Waals surface area contributed by atoms with Gasteiger partial charge in [-0.1, -0.05) is 11.6 Å². The fourth-order valence-electron chi connectivity index (χ4n) is 1.28. The van der Waals surface area contributed by atoms with Crippen molar-refractivity contribution in [3.8, 4) is 5.69 Å². The zero-order chi connectivity index (χ0) is 10.7. The smallest absolute Gasteiger partial charge is 0.133 e. The van der Waals surface area contributed by atoms with Crippen molar-refractivity contribution in [3.05, 3.63) is 41.4 Å². The molecule has 0 atom stereocenters. The Bertz CT molecular complexity index is 441. The summed E-state index contributed by atoms with van der Waals surface area (Å²) in [5.74, 6) is 0. The van der Waals surface area contributed by atoms with E-state index in [1.807, 2.05) is 12.1 Å². The summed E-state index contributed by atoms with van der Waals surface area (Å²) in [6.45, 7) is 0.451. The third-order valence-electron chi connectivity index (χ3n) is 1.90. The maximum atomic E-state index is 6.03. The summed E-state index contributed by atoms with van der Waals surface area (Å²) in [6.07, 6.45) is 3.41. The van der Waals surface area contributed by atoms with Crippen LogP contribution in [-0.2, 0) is 11.3 Å². The summed E-state index contributed by atoms with van der Waals surface area (Å²) >= 11 is 6.03. The molecule has 2 heterocycles. The number of rotatable bonds is 3. The zero-order valence-corrected chi connectivity index (χ0v) is 8.98. The lowest BCUT2D eigenvalue weighted by Gasteiger charge is -2.00. The minimum absolute atomic E-state index is 0.451. The van der Waals surface area contributed by atoms with Gasteiger partial charge in [-0.3, -0.25) is 4.98 Å². The first kappa shape index (κ1) is 10.1. The van der Waals surface area contributed by atoms with Crippen LogP contribution in [-0.4, -0.2) is 21.9 Å². The van der Waals surface area contributed by atoms with Crippen molar-refractivity contribution in [1.82, 2.24) is 14.8 Å². The Kier molecular flexibility index (Phi) is 2.99. The standard InChI is InChI=1S/C10H10ClN3O/c1-15-7-8-5-10(11)14(13-8)9-3-2-4-12-6-9/h2-6H,7H2,1H3. The molecule has 15 heavy (non-hydrogen) atoms. The minimum Gasteiger partial charge on any atom is -0.378 e. The molecule has 2 rings (SSSR count). The Balaban J connectivity index is 2.36. The van der Waals surface area contributed by atoms with Gasteiger partial charge < -0.3 is 4.74 Å². The zero-order valence-electron chi connectivity index (χ0n) is 8.22. The SMILES string of the molecule is COCc1cc(Cl)n(-c2cccnc2)n1. The number of ether oxygens (including phenoxy) is 1. The second-order valence-corrected chi connectivity index (χ2v) is 3.40. The van der Waals surface area contributed by atoms with Gasteiger partial charge in [-0.15, -0.1) is 0 Å². The van der Waals surface area contributed by atoms with Gasteiger partial charge in [-0.05, 0) is 12.1 Å². The van der Waals surface area contributed by atoms with E-state index in [0.29, 0.717) is 11.8 Å². The van der Waals surface area contributed by atoms with Crippen LogP contribution in [0.4, 0.5) is 0 Å². The molecule has 0 fully saturated rings. The molecule has 0 aliphatic heterocycles. The van der Waals surface area contributed by atoms with Crippen molar-refractivity contribution >= 4 is 11.6 Å². The second-order valence-electron chi connectivity index (χ2n) is 3.01. The average molecular weight is 224 g/mol. The Labute approximate surface area is 92.5 Å². The highest BCUT2D eigenvalue weighted by Gasteiger charge is 2.06. The molecular formula is C10H10ClN3O. The van der Waals surface area contributed by atoms with Gasteiger partial charge in [0.15, 0.2) is 0 Å². The van der Waals surface area contributed by atoms with E-state index in [0.717, 1.165) is 11.4 Å². The van der Waals surface area contributed by atoms with Crippen LogP contribution in [0.2, 0.25) is 5.15 Å². The quantitative estimate of drug-likeness (QED) is 0.800. The maximum Gasteiger partial charge on any atom is 0.133 e. The van der Waals surface area contributed by atoms with Gasteiger partial charge in [-0.25, -0.2) is 4.68 Å². The van der Waals surface area contributed by atoms with E-state index >= 15 is 0 Å². The molecule has 0 aliphatic carbocycles. The van der Waals surface area contributed by atoms with Crippen molar-refractivity contribution in [2.75, 3.05) is 7.11 Å². The van der Waals surface area contributed by atoms with E-state index in [4.69, 9.17) is 16.3 Å². The van der Waals surface area contributed by atoms with Gasteiger partial charge in [0.25, 0.3) is 0 Å². The highest BCUT2D eigenvalue weighted by molar-refractivity contribution is 6.29. The van der Waals surface area contributed by atoms with Crippen molar-refractivity contribution < 1.29 is 4.74 Å². The molecule has 0 aromatic carbocycles. The molecule has 0 aliphatic rings. The van der Waals surface area contributed by atoms with Gasteiger partial charge in [-0.2, -0.15) is 5.10 Å². The van der Waals surface area contributed by atoms with Gasteiger partial charge in [0.1, 0.15) is 5.15 Å². The second kappa shape index (κ2) is 4.42. The van der Waals surface area contributed by atoms with Crippen LogP contribution in [0.25, 0.3) is 5.69 Å². The fourth-order valence-corrected chi connectivity index (χ4v) is 1.54. The van der Waals surface area contributed by atoms with Gasteiger partial charge in [0.2, 0.25) is 0 Å². The summed E-state index contributed by atoms with van der Waals surface area (Å²) in [4.78, 5) is 4.01. The molecule has 0 saturated heterocycles. The summed E-state index contributed by atoms with van der Waals surface area (Å²) in [5, 5.41) is 4.84. The van der Waals surface area contributed by atoms with Crippen molar-refractivity contribution in [2.45, 2.75) is 6.61 Å². The topological polar surface area (TPSA) is 39.9 Å².